The van der Waals surface area contributed by atoms with Crippen molar-refractivity contribution in [2.45, 2.75) is 38.1 Å². The van der Waals surface area contributed by atoms with Crippen LogP contribution in [-0.2, 0) is 11.2 Å². The molecule has 0 bridgehead atoms. The second-order valence-corrected chi connectivity index (χ2v) is 6.70. The Labute approximate surface area is 151 Å². The molecule has 0 saturated heterocycles. The largest absolute Gasteiger partial charge is 0.364 e. The lowest BCUT2D eigenvalue weighted by Crippen LogP contribution is -2.34. The summed E-state index contributed by atoms with van der Waals surface area (Å²) in [6.07, 6.45) is 5.74. The quantitative estimate of drug-likeness (QED) is 0.835. The van der Waals surface area contributed by atoms with E-state index in [0.29, 0.717) is 11.1 Å². The van der Waals surface area contributed by atoms with E-state index < -0.39 is 5.91 Å². The lowest BCUT2D eigenvalue weighted by atomic mass is 9.91. The topological polar surface area (TPSA) is 85.1 Å². The predicted octanol–water partition coefficient (Wildman–Crippen LogP) is 2.91. The number of rotatable bonds is 6. The Morgan fingerprint density at radius 3 is 2.54 bits per heavy atom. The van der Waals surface area contributed by atoms with Crippen molar-refractivity contribution < 1.29 is 14.0 Å². The van der Waals surface area contributed by atoms with E-state index in [9.17, 15) is 14.0 Å². The Morgan fingerprint density at radius 2 is 1.92 bits per heavy atom. The molecule has 1 unspecified atom stereocenters. The molecule has 0 radical (unpaired) electrons. The molecule has 1 fully saturated rings. The Bertz CT molecular complexity index is 786. The summed E-state index contributed by atoms with van der Waals surface area (Å²) in [7, 11) is 0. The van der Waals surface area contributed by atoms with Gasteiger partial charge in [-0.1, -0.05) is 37.1 Å². The molecule has 1 heterocycles. The number of amides is 2. The number of hydrogen-bond acceptors (Lipinski definition) is 3. The summed E-state index contributed by atoms with van der Waals surface area (Å²) >= 11 is 0. The third-order valence-corrected chi connectivity index (χ3v) is 4.87. The van der Waals surface area contributed by atoms with Gasteiger partial charge in [-0.2, -0.15) is 0 Å². The van der Waals surface area contributed by atoms with Gasteiger partial charge >= 0.3 is 0 Å². The maximum atomic E-state index is 14.3. The highest BCUT2D eigenvalue weighted by Crippen LogP contribution is 2.36. The lowest BCUT2D eigenvalue weighted by Gasteiger charge is -2.25. The molecule has 2 amide bonds. The zero-order chi connectivity index (χ0) is 18.5. The zero-order valence-electron chi connectivity index (χ0n) is 14.5. The first-order chi connectivity index (χ1) is 12.5. The van der Waals surface area contributed by atoms with Gasteiger partial charge in [-0.3, -0.25) is 14.6 Å². The molecular weight excluding hydrogens is 333 g/mol. The van der Waals surface area contributed by atoms with E-state index >= 15 is 0 Å². The van der Waals surface area contributed by atoms with Crippen LogP contribution in [-0.4, -0.2) is 16.8 Å². The first-order valence-corrected chi connectivity index (χ1v) is 8.83. The molecule has 0 spiro atoms. The molecule has 3 N–H and O–H groups in total. The van der Waals surface area contributed by atoms with Gasteiger partial charge in [0.05, 0.1) is 12.5 Å². The minimum Gasteiger partial charge on any atom is -0.364 e. The van der Waals surface area contributed by atoms with Crippen LogP contribution in [0.4, 0.5) is 4.39 Å². The van der Waals surface area contributed by atoms with E-state index in [0.717, 1.165) is 25.7 Å². The van der Waals surface area contributed by atoms with Crippen molar-refractivity contribution >= 4 is 11.8 Å². The number of carbonyl (C=O) groups is 2. The molecular formula is C20H22FN3O2. The number of primary amides is 1. The van der Waals surface area contributed by atoms with E-state index in [-0.39, 0.29) is 35.8 Å². The molecule has 5 nitrogen and oxygen atoms in total. The highest BCUT2D eigenvalue weighted by Gasteiger charge is 2.29. The van der Waals surface area contributed by atoms with Crippen molar-refractivity contribution in [1.29, 1.82) is 0 Å². The average molecular weight is 355 g/mol. The van der Waals surface area contributed by atoms with Crippen molar-refractivity contribution in [2.24, 2.45) is 11.7 Å². The number of nitrogens with zero attached hydrogens (tertiary/aromatic N) is 1. The van der Waals surface area contributed by atoms with E-state index in [1.165, 1.54) is 18.3 Å². The number of nitrogens with two attached hydrogens (primary N) is 1. The summed E-state index contributed by atoms with van der Waals surface area (Å²) in [4.78, 5) is 27.5. The Morgan fingerprint density at radius 1 is 1.19 bits per heavy atom. The van der Waals surface area contributed by atoms with Crippen molar-refractivity contribution in [3.05, 3.63) is 65.2 Å². The van der Waals surface area contributed by atoms with Crippen LogP contribution in [0.5, 0.6) is 0 Å². The van der Waals surface area contributed by atoms with E-state index in [2.05, 4.69) is 10.3 Å². The lowest BCUT2D eigenvalue weighted by molar-refractivity contribution is -0.121. The molecule has 0 aliphatic heterocycles. The Balaban J connectivity index is 1.73. The zero-order valence-corrected chi connectivity index (χ0v) is 14.5. The minimum atomic E-state index is -0.609. The third kappa shape index (κ3) is 4.25. The van der Waals surface area contributed by atoms with Gasteiger partial charge in [-0.05, 0) is 36.5 Å². The normalized spacial score (nSPS) is 15.6. The van der Waals surface area contributed by atoms with E-state index in [1.54, 1.807) is 24.3 Å². The smallest absolute Gasteiger partial charge is 0.267 e. The molecule has 2 aromatic rings. The summed E-state index contributed by atoms with van der Waals surface area (Å²) in [6, 6.07) is 9.43. The van der Waals surface area contributed by atoms with Crippen molar-refractivity contribution in [2.75, 3.05) is 0 Å². The van der Waals surface area contributed by atoms with Crippen LogP contribution < -0.4 is 11.1 Å². The van der Waals surface area contributed by atoms with Gasteiger partial charge in [0.15, 0.2) is 0 Å². The first-order valence-electron chi connectivity index (χ1n) is 8.83. The van der Waals surface area contributed by atoms with E-state index in [1.807, 2.05) is 0 Å². The molecule has 1 atom stereocenters. The highest BCUT2D eigenvalue weighted by atomic mass is 19.1. The fourth-order valence-electron chi connectivity index (χ4n) is 3.55. The minimum absolute atomic E-state index is 0.115. The molecule has 136 valence electrons. The van der Waals surface area contributed by atoms with Crippen LogP contribution in [0.2, 0.25) is 0 Å². The monoisotopic (exact) mass is 355 g/mol. The van der Waals surface area contributed by atoms with Crippen LogP contribution in [0.3, 0.4) is 0 Å². The second kappa shape index (κ2) is 8.08. The summed E-state index contributed by atoms with van der Waals surface area (Å²) in [5.74, 6) is -0.857. The average Bonchev–Trinajstić information content (AvgIpc) is 3.15. The van der Waals surface area contributed by atoms with Crippen LogP contribution >= 0.6 is 0 Å². The van der Waals surface area contributed by atoms with E-state index in [4.69, 9.17) is 5.73 Å². The van der Waals surface area contributed by atoms with Gasteiger partial charge in [-0.15, -0.1) is 0 Å². The molecule has 1 saturated carbocycles. The standard InChI is InChI=1S/C20H22FN3O2/c21-16-8-4-3-7-15(16)19(14-5-1-2-6-14)24-18(25)11-13-9-10-17(20(22)26)23-12-13/h3-4,7-10,12,14,19H,1-2,5-6,11H2,(H2,22,26)(H,24,25). The van der Waals surface area contributed by atoms with Gasteiger partial charge in [0.2, 0.25) is 5.91 Å². The number of carbonyl (C=O) groups excluding carboxylic acids is 2. The van der Waals surface area contributed by atoms with Gasteiger partial charge in [0, 0.05) is 11.8 Å². The molecule has 3 rings (SSSR count). The summed E-state index contributed by atoms with van der Waals surface area (Å²) in [5, 5.41) is 3.00. The molecule has 26 heavy (non-hydrogen) atoms. The highest BCUT2D eigenvalue weighted by molar-refractivity contribution is 5.90. The predicted molar refractivity (Wildman–Crippen MR) is 95.7 cm³/mol. The van der Waals surface area contributed by atoms with Crippen molar-refractivity contribution in [1.82, 2.24) is 10.3 Å². The third-order valence-electron chi connectivity index (χ3n) is 4.87. The SMILES string of the molecule is NC(=O)c1ccc(CC(=O)NC(c2ccccc2F)C2CCCC2)cn1. The summed E-state index contributed by atoms with van der Waals surface area (Å²) in [6.45, 7) is 0. The van der Waals surface area contributed by atoms with Gasteiger partial charge in [-0.25, -0.2) is 4.39 Å². The first kappa shape index (κ1) is 18.0. The molecule has 1 aliphatic carbocycles. The second-order valence-electron chi connectivity index (χ2n) is 6.70. The van der Waals surface area contributed by atoms with Gasteiger partial charge < -0.3 is 11.1 Å². The van der Waals surface area contributed by atoms with Crippen LogP contribution in [0.25, 0.3) is 0 Å². The fourth-order valence-corrected chi connectivity index (χ4v) is 3.55. The molecule has 1 aromatic heterocycles. The summed E-state index contributed by atoms with van der Waals surface area (Å²) < 4.78 is 14.3. The maximum Gasteiger partial charge on any atom is 0.267 e. The number of pyridine rings is 1. The summed E-state index contributed by atoms with van der Waals surface area (Å²) in [5.41, 5.74) is 6.53. The van der Waals surface area contributed by atoms with Crippen molar-refractivity contribution in [3.8, 4) is 0 Å². The number of halogens is 1. The number of benzene rings is 1. The number of nitrogens with one attached hydrogen (secondary N) is 1. The van der Waals surface area contributed by atoms with Gasteiger partial charge in [0.1, 0.15) is 11.5 Å². The molecule has 1 aromatic carbocycles. The maximum absolute atomic E-state index is 14.3. The Kier molecular flexibility index (Phi) is 5.61. The molecule has 1 aliphatic rings. The molecule has 6 heteroatoms. The van der Waals surface area contributed by atoms with Crippen LogP contribution in [0, 0.1) is 11.7 Å². The van der Waals surface area contributed by atoms with Gasteiger partial charge in [0.25, 0.3) is 5.91 Å². The Hall–Kier alpha value is -2.76. The number of aromatic nitrogens is 1. The van der Waals surface area contributed by atoms with Crippen LogP contribution in [0.15, 0.2) is 42.6 Å². The van der Waals surface area contributed by atoms with Crippen LogP contribution in [0.1, 0.15) is 53.3 Å². The fraction of sp³-hybridized carbons (Fsp3) is 0.350. The van der Waals surface area contributed by atoms with Crippen molar-refractivity contribution in [3.63, 3.8) is 0 Å². The number of hydrogen-bond donors (Lipinski definition) is 2.